The number of aromatic nitrogens is 7. The first-order valence-corrected chi connectivity index (χ1v) is 13.4. The van der Waals surface area contributed by atoms with Crippen LogP contribution in [-0.4, -0.2) is 43.2 Å². The molecule has 1 saturated carbocycles. The van der Waals surface area contributed by atoms with Crippen LogP contribution in [-0.2, 0) is 0 Å². The Bertz CT molecular complexity index is 1660. The Kier molecular flexibility index (Phi) is 6.57. The van der Waals surface area contributed by atoms with Crippen LogP contribution in [0.5, 0.6) is 0 Å². The van der Waals surface area contributed by atoms with Crippen LogP contribution in [0.15, 0.2) is 54.4 Å². The minimum Gasteiger partial charge on any atom is -0.365 e. The van der Waals surface area contributed by atoms with E-state index in [2.05, 4.69) is 25.5 Å². The summed E-state index contributed by atoms with van der Waals surface area (Å²) in [4.78, 5) is 25.1. The number of imidazole rings is 1. The highest BCUT2D eigenvalue weighted by molar-refractivity contribution is 7.12. The molecule has 13 heteroatoms. The van der Waals surface area contributed by atoms with Crippen molar-refractivity contribution in [2.24, 2.45) is 11.7 Å². The zero-order valence-electron chi connectivity index (χ0n) is 20.7. The number of tetrazole rings is 1. The fourth-order valence-electron chi connectivity index (χ4n) is 4.69. The van der Waals surface area contributed by atoms with Gasteiger partial charge in [-0.15, -0.1) is 16.4 Å². The standard InChI is InChI=1S/C26H22ClFN8O2S/c1-38-36-11-15(17-9-16(27)5-7-21(17)35-13-31-33-34-35)4-6-22(36)18(8-14-2-3-14)26-30-10-20(32-26)19-12-39-24(23(19)28)25(29)37/h4-7,9-14,18H,2-3,8H2,1H3,(H2-,29,30,32,37)/p+1. The largest absolute Gasteiger partial charge is 0.365 e. The molecule has 1 amide bonds. The number of pyridine rings is 1. The van der Waals surface area contributed by atoms with Gasteiger partial charge in [-0.2, -0.15) is 4.68 Å². The van der Waals surface area contributed by atoms with E-state index in [0.717, 1.165) is 53.1 Å². The molecule has 0 aliphatic heterocycles. The Morgan fingerprint density at radius 2 is 2.18 bits per heavy atom. The van der Waals surface area contributed by atoms with Crippen molar-refractivity contribution in [3.63, 3.8) is 0 Å². The van der Waals surface area contributed by atoms with Crippen molar-refractivity contribution >= 4 is 28.8 Å². The van der Waals surface area contributed by atoms with Crippen molar-refractivity contribution in [1.82, 2.24) is 30.2 Å². The van der Waals surface area contributed by atoms with Gasteiger partial charge in [0.15, 0.2) is 5.82 Å². The average Bonchev–Trinajstić information content (AvgIpc) is 3.28. The van der Waals surface area contributed by atoms with E-state index in [4.69, 9.17) is 22.2 Å². The Hall–Kier alpha value is -4.16. The summed E-state index contributed by atoms with van der Waals surface area (Å²) in [5.41, 5.74) is 9.36. The molecule has 1 aliphatic rings. The van der Waals surface area contributed by atoms with Crippen LogP contribution in [0.25, 0.3) is 28.1 Å². The second-order valence-corrected chi connectivity index (χ2v) is 10.7. The number of benzene rings is 1. The molecule has 6 rings (SSSR count). The molecular weight excluding hydrogens is 543 g/mol. The predicted molar refractivity (Wildman–Crippen MR) is 142 cm³/mol. The Morgan fingerprint density at radius 1 is 1.33 bits per heavy atom. The number of amides is 1. The molecule has 39 heavy (non-hydrogen) atoms. The monoisotopic (exact) mass is 565 g/mol. The molecule has 0 radical (unpaired) electrons. The number of nitrogens with zero attached hydrogens (tertiary/aromatic N) is 6. The third-order valence-electron chi connectivity index (χ3n) is 6.80. The van der Waals surface area contributed by atoms with Crippen LogP contribution in [0.2, 0.25) is 5.02 Å². The quantitative estimate of drug-likeness (QED) is 0.260. The molecule has 0 saturated heterocycles. The summed E-state index contributed by atoms with van der Waals surface area (Å²) >= 11 is 7.32. The van der Waals surface area contributed by atoms with E-state index in [1.54, 1.807) is 34.2 Å². The lowest BCUT2D eigenvalue weighted by molar-refractivity contribution is -0.890. The van der Waals surface area contributed by atoms with Gasteiger partial charge in [0.2, 0.25) is 11.9 Å². The zero-order valence-corrected chi connectivity index (χ0v) is 22.3. The van der Waals surface area contributed by atoms with Crippen molar-refractivity contribution in [2.75, 3.05) is 7.11 Å². The molecular formula is C26H23ClFN8O2S+. The van der Waals surface area contributed by atoms with E-state index in [0.29, 0.717) is 22.5 Å². The lowest BCUT2D eigenvalue weighted by Crippen LogP contribution is -2.45. The van der Waals surface area contributed by atoms with Crippen LogP contribution in [0.3, 0.4) is 0 Å². The van der Waals surface area contributed by atoms with Crippen molar-refractivity contribution in [3.8, 4) is 28.1 Å². The van der Waals surface area contributed by atoms with E-state index in [9.17, 15) is 9.18 Å². The normalized spacial score (nSPS) is 13.9. The Morgan fingerprint density at radius 3 is 2.87 bits per heavy atom. The first kappa shape index (κ1) is 25.1. The maximum atomic E-state index is 14.8. The highest BCUT2D eigenvalue weighted by atomic mass is 35.5. The van der Waals surface area contributed by atoms with Crippen LogP contribution in [0, 0.1) is 11.7 Å². The van der Waals surface area contributed by atoms with Crippen molar-refractivity contribution in [3.05, 3.63) is 81.7 Å². The second-order valence-electron chi connectivity index (χ2n) is 9.34. The Labute approximate surface area is 231 Å². The number of hydrogen-bond acceptors (Lipinski definition) is 7. The first-order chi connectivity index (χ1) is 18.9. The summed E-state index contributed by atoms with van der Waals surface area (Å²) in [7, 11) is 1.60. The highest BCUT2D eigenvalue weighted by Crippen LogP contribution is 2.41. The molecule has 4 aromatic heterocycles. The van der Waals surface area contributed by atoms with Crippen LogP contribution in [0.1, 0.15) is 46.4 Å². The SMILES string of the molecule is CO[n+]1cc(-c2cc(Cl)ccc2-n2cnnn2)ccc1C(CC1CC1)c1ncc(-c2csc(C(N)=O)c2F)[nH]1. The number of aromatic amines is 1. The summed E-state index contributed by atoms with van der Waals surface area (Å²) in [6.07, 6.45) is 8.13. The summed E-state index contributed by atoms with van der Waals surface area (Å²) < 4.78 is 18.1. The number of carbonyl (C=O) groups is 1. The fourth-order valence-corrected chi connectivity index (χ4v) is 5.66. The number of rotatable bonds is 9. The average molecular weight is 566 g/mol. The van der Waals surface area contributed by atoms with Gasteiger partial charge < -0.3 is 10.7 Å². The minimum absolute atomic E-state index is 0.106. The zero-order chi connectivity index (χ0) is 27.1. The van der Waals surface area contributed by atoms with Gasteiger partial charge in [-0.1, -0.05) is 24.4 Å². The number of hydrogen-bond donors (Lipinski definition) is 2. The predicted octanol–water partition coefficient (Wildman–Crippen LogP) is 3.95. The molecule has 5 aromatic rings. The maximum absolute atomic E-state index is 14.8. The molecule has 4 heterocycles. The molecule has 3 N–H and O–H groups in total. The van der Waals surface area contributed by atoms with Gasteiger partial charge in [0.25, 0.3) is 5.91 Å². The van der Waals surface area contributed by atoms with Crippen LogP contribution >= 0.6 is 22.9 Å². The number of thiophene rings is 1. The number of primary amides is 1. The molecule has 10 nitrogen and oxygen atoms in total. The molecule has 1 aromatic carbocycles. The van der Waals surface area contributed by atoms with Gasteiger partial charge in [-0.3, -0.25) is 9.63 Å². The van der Waals surface area contributed by atoms with Gasteiger partial charge in [0.1, 0.15) is 30.1 Å². The van der Waals surface area contributed by atoms with E-state index >= 15 is 0 Å². The van der Waals surface area contributed by atoms with E-state index in [1.807, 2.05) is 30.5 Å². The highest BCUT2D eigenvalue weighted by Gasteiger charge is 2.35. The third-order valence-corrected chi connectivity index (χ3v) is 8.00. The maximum Gasteiger partial charge on any atom is 0.261 e. The molecule has 1 unspecified atom stereocenters. The number of H-pyrrole nitrogens is 1. The summed E-state index contributed by atoms with van der Waals surface area (Å²) in [6.45, 7) is 0. The van der Waals surface area contributed by atoms with Crippen molar-refractivity contribution in [2.45, 2.75) is 25.2 Å². The lowest BCUT2D eigenvalue weighted by atomic mass is 9.95. The molecule has 198 valence electrons. The number of halogens is 2. The molecule has 0 spiro atoms. The summed E-state index contributed by atoms with van der Waals surface area (Å²) in [5.74, 6) is -0.334. The van der Waals surface area contributed by atoms with E-state index in [-0.39, 0.29) is 16.4 Å². The fraction of sp³-hybridized carbons (Fsp3) is 0.231. The Balaban J connectivity index is 1.39. The van der Waals surface area contributed by atoms with Gasteiger partial charge in [-0.05, 0) is 47.0 Å². The molecule has 1 aliphatic carbocycles. The summed E-state index contributed by atoms with van der Waals surface area (Å²) in [5, 5.41) is 13.7. The van der Waals surface area contributed by atoms with Gasteiger partial charge in [0.05, 0.1) is 23.1 Å². The summed E-state index contributed by atoms with van der Waals surface area (Å²) in [6, 6.07) is 9.47. The van der Waals surface area contributed by atoms with Crippen molar-refractivity contribution < 1.29 is 18.8 Å². The number of carbonyl (C=O) groups excluding carboxylic acids is 1. The minimum atomic E-state index is -0.792. The second kappa shape index (κ2) is 10.2. The topological polar surface area (TPSA) is 128 Å². The molecule has 1 atom stereocenters. The smallest absolute Gasteiger partial charge is 0.261 e. The van der Waals surface area contributed by atoms with E-state index < -0.39 is 11.7 Å². The van der Waals surface area contributed by atoms with Gasteiger partial charge in [-0.25, -0.2) is 9.37 Å². The molecule has 1 fully saturated rings. The lowest BCUT2D eigenvalue weighted by Gasteiger charge is -2.14. The van der Waals surface area contributed by atoms with E-state index in [1.165, 1.54) is 6.33 Å². The van der Waals surface area contributed by atoms with Gasteiger partial charge >= 0.3 is 0 Å². The molecule has 0 bridgehead atoms. The number of nitrogens with two attached hydrogens (primary N) is 1. The van der Waals surface area contributed by atoms with Crippen LogP contribution in [0.4, 0.5) is 4.39 Å². The van der Waals surface area contributed by atoms with Crippen LogP contribution < -0.4 is 15.3 Å². The van der Waals surface area contributed by atoms with Gasteiger partial charge in [0, 0.05) is 32.3 Å². The number of nitrogens with one attached hydrogen (secondary N) is 1. The first-order valence-electron chi connectivity index (χ1n) is 12.2. The third kappa shape index (κ3) is 4.88. The van der Waals surface area contributed by atoms with Crippen molar-refractivity contribution in [1.29, 1.82) is 0 Å².